The lowest BCUT2D eigenvalue weighted by Crippen LogP contribution is -2.30. The van der Waals surface area contributed by atoms with Crippen LogP contribution in [0.1, 0.15) is 17.7 Å². The lowest BCUT2D eigenvalue weighted by atomic mass is 9.95. The van der Waals surface area contributed by atoms with Gasteiger partial charge in [-0.15, -0.1) is 0 Å². The summed E-state index contributed by atoms with van der Waals surface area (Å²) in [5.41, 5.74) is 3.15. The Morgan fingerprint density at radius 2 is 2.26 bits per heavy atom. The number of imidazole rings is 1. The largest absolute Gasteiger partial charge is 0.335 e. The van der Waals surface area contributed by atoms with Crippen LogP contribution in [-0.4, -0.2) is 15.5 Å². The van der Waals surface area contributed by atoms with Gasteiger partial charge in [-0.2, -0.15) is 0 Å². The molecule has 0 aliphatic carbocycles. The lowest BCUT2D eigenvalue weighted by molar-refractivity contribution is -0.120. The molecule has 1 N–H and O–H groups in total. The van der Waals surface area contributed by atoms with Gasteiger partial charge in [-0.25, -0.2) is 4.98 Å². The number of para-hydroxylation sites is 1. The summed E-state index contributed by atoms with van der Waals surface area (Å²) in [5.74, 6) is 0.158. The van der Waals surface area contributed by atoms with E-state index < -0.39 is 0 Å². The first-order valence-corrected chi connectivity index (χ1v) is 6.59. The molecule has 1 aliphatic heterocycles. The third-order valence-electron chi connectivity index (χ3n) is 3.75. The maximum Gasteiger partial charge on any atom is 0.227 e. The highest BCUT2D eigenvalue weighted by molar-refractivity contribution is 5.93. The summed E-state index contributed by atoms with van der Waals surface area (Å²) in [5, 5.41) is 3.03. The number of anilines is 1. The second-order valence-electron chi connectivity index (χ2n) is 5.07. The molecule has 3 rings (SSSR count). The van der Waals surface area contributed by atoms with Crippen LogP contribution in [0.2, 0.25) is 0 Å². The van der Waals surface area contributed by atoms with Crippen molar-refractivity contribution in [3.05, 3.63) is 48.0 Å². The van der Waals surface area contributed by atoms with Crippen molar-refractivity contribution in [1.29, 1.82) is 0 Å². The van der Waals surface area contributed by atoms with Crippen LogP contribution in [0.25, 0.3) is 0 Å². The Hall–Kier alpha value is -2.10. The molecule has 19 heavy (non-hydrogen) atoms. The number of aryl methyl sites for hydroxylation is 2. The Balaban J connectivity index is 1.71. The van der Waals surface area contributed by atoms with Gasteiger partial charge in [0.1, 0.15) is 0 Å². The van der Waals surface area contributed by atoms with Crippen molar-refractivity contribution in [2.45, 2.75) is 26.3 Å². The summed E-state index contributed by atoms with van der Waals surface area (Å²) in [6, 6.07) is 7.87. The van der Waals surface area contributed by atoms with Gasteiger partial charge in [-0.1, -0.05) is 18.2 Å². The van der Waals surface area contributed by atoms with E-state index >= 15 is 0 Å². The molecule has 4 nitrogen and oxygen atoms in total. The fourth-order valence-electron chi connectivity index (χ4n) is 2.54. The number of hydrogen-bond acceptors (Lipinski definition) is 2. The van der Waals surface area contributed by atoms with E-state index in [-0.39, 0.29) is 11.8 Å². The van der Waals surface area contributed by atoms with E-state index in [1.165, 1.54) is 0 Å². The molecule has 0 bridgehead atoms. The molecule has 0 saturated heterocycles. The van der Waals surface area contributed by atoms with E-state index in [0.717, 1.165) is 36.3 Å². The predicted molar refractivity (Wildman–Crippen MR) is 73.8 cm³/mol. The fourth-order valence-corrected chi connectivity index (χ4v) is 2.54. The van der Waals surface area contributed by atoms with Gasteiger partial charge in [0.15, 0.2) is 0 Å². The van der Waals surface area contributed by atoms with Gasteiger partial charge in [0.2, 0.25) is 5.91 Å². The van der Waals surface area contributed by atoms with Crippen LogP contribution < -0.4 is 5.32 Å². The first-order valence-electron chi connectivity index (χ1n) is 6.59. The van der Waals surface area contributed by atoms with Gasteiger partial charge in [-0.05, 0) is 25.0 Å². The van der Waals surface area contributed by atoms with Gasteiger partial charge in [0.05, 0.1) is 6.33 Å². The maximum absolute atomic E-state index is 12.3. The van der Waals surface area contributed by atoms with Crippen LogP contribution in [0.15, 0.2) is 36.8 Å². The number of hydrogen-bond donors (Lipinski definition) is 1. The van der Waals surface area contributed by atoms with Crippen molar-refractivity contribution in [2.24, 2.45) is 5.92 Å². The molecule has 0 saturated carbocycles. The zero-order valence-electron chi connectivity index (χ0n) is 11.0. The lowest BCUT2D eigenvalue weighted by Gasteiger charge is -2.23. The minimum atomic E-state index is 0.0452. The number of rotatable bonds is 2. The molecule has 2 heterocycles. The average molecular weight is 255 g/mol. The summed E-state index contributed by atoms with van der Waals surface area (Å²) >= 11 is 0. The standard InChI is InChI=1S/C15H17N3O/c1-11-4-2-3-5-14(11)17-15(19)12-6-7-18-10-16-9-13(18)8-12/h2-5,9-10,12H,6-8H2,1H3,(H,17,19). The highest BCUT2D eigenvalue weighted by Gasteiger charge is 2.24. The van der Waals surface area contributed by atoms with Gasteiger partial charge in [-0.3, -0.25) is 4.79 Å². The topological polar surface area (TPSA) is 46.9 Å². The molecule has 1 aromatic heterocycles. The van der Waals surface area contributed by atoms with Gasteiger partial charge < -0.3 is 9.88 Å². The molecule has 0 fully saturated rings. The van der Waals surface area contributed by atoms with Crippen molar-refractivity contribution < 1.29 is 4.79 Å². The van der Waals surface area contributed by atoms with Crippen LogP contribution in [-0.2, 0) is 17.8 Å². The minimum Gasteiger partial charge on any atom is -0.335 e. The molecular weight excluding hydrogens is 238 g/mol. The van der Waals surface area contributed by atoms with Crippen molar-refractivity contribution in [3.8, 4) is 0 Å². The molecule has 1 amide bonds. The van der Waals surface area contributed by atoms with Crippen LogP contribution in [0.3, 0.4) is 0 Å². The summed E-state index contributed by atoms with van der Waals surface area (Å²) < 4.78 is 2.12. The zero-order valence-corrected chi connectivity index (χ0v) is 11.0. The van der Waals surface area contributed by atoms with Gasteiger partial charge in [0, 0.05) is 36.5 Å². The molecule has 2 aromatic rings. The van der Waals surface area contributed by atoms with E-state index in [2.05, 4.69) is 14.9 Å². The van der Waals surface area contributed by atoms with Gasteiger partial charge >= 0.3 is 0 Å². The third kappa shape index (κ3) is 2.38. The summed E-state index contributed by atoms with van der Waals surface area (Å²) in [6.07, 6.45) is 5.34. The third-order valence-corrected chi connectivity index (χ3v) is 3.75. The highest BCUT2D eigenvalue weighted by atomic mass is 16.1. The molecule has 1 aromatic carbocycles. The molecule has 0 radical (unpaired) electrons. The molecule has 0 spiro atoms. The predicted octanol–water partition coefficient (Wildman–Crippen LogP) is 2.39. The molecule has 1 atom stereocenters. The normalized spacial score (nSPS) is 17.8. The first kappa shape index (κ1) is 12.0. The summed E-state index contributed by atoms with van der Waals surface area (Å²) in [4.78, 5) is 16.4. The number of amides is 1. The van der Waals surface area contributed by atoms with Crippen molar-refractivity contribution in [3.63, 3.8) is 0 Å². The number of nitrogens with zero attached hydrogens (tertiary/aromatic N) is 2. The van der Waals surface area contributed by atoms with E-state index in [4.69, 9.17) is 0 Å². The fraction of sp³-hybridized carbons (Fsp3) is 0.333. The average Bonchev–Trinajstić information content (AvgIpc) is 2.88. The number of benzene rings is 1. The zero-order chi connectivity index (χ0) is 13.2. The Kier molecular flexibility index (Phi) is 3.07. The molecule has 1 unspecified atom stereocenters. The Bertz CT molecular complexity index is 603. The van der Waals surface area contributed by atoms with E-state index in [1.807, 2.05) is 43.7 Å². The number of carbonyl (C=O) groups excluding carboxylic acids is 1. The number of aromatic nitrogens is 2. The van der Waals surface area contributed by atoms with Crippen LogP contribution in [0.5, 0.6) is 0 Å². The second-order valence-corrected chi connectivity index (χ2v) is 5.07. The SMILES string of the molecule is Cc1ccccc1NC(=O)C1CCn2cncc2C1. The summed E-state index contributed by atoms with van der Waals surface area (Å²) in [6.45, 7) is 2.88. The Morgan fingerprint density at radius 3 is 3.11 bits per heavy atom. The Labute approximate surface area is 112 Å². The number of fused-ring (bicyclic) bond motifs is 1. The van der Waals surface area contributed by atoms with Crippen molar-refractivity contribution in [2.75, 3.05) is 5.32 Å². The van der Waals surface area contributed by atoms with Crippen LogP contribution in [0, 0.1) is 12.8 Å². The van der Waals surface area contributed by atoms with Crippen LogP contribution in [0.4, 0.5) is 5.69 Å². The van der Waals surface area contributed by atoms with Gasteiger partial charge in [0.25, 0.3) is 0 Å². The monoisotopic (exact) mass is 255 g/mol. The van der Waals surface area contributed by atoms with Crippen LogP contribution >= 0.6 is 0 Å². The summed E-state index contributed by atoms with van der Waals surface area (Å²) in [7, 11) is 0. The van der Waals surface area contributed by atoms with Crippen molar-refractivity contribution >= 4 is 11.6 Å². The number of carbonyl (C=O) groups is 1. The minimum absolute atomic E-state index is 0.0452. The maximum atomic E-state index is 12.3. The quantitative estimate of drug-likeness (QED) is 0.895. The smallest absolute Gasteiger partial charge is 0.227 e. The molecule has 98 valence electrons. The van der Waals surface area contributed by atoms with E-state index in [1.54, 1.807) is 0 Å². The number of nitrogens with one attached hydrogen (secondary N) is 1. The van der Waals surface area contributed by atoms with E-state index in [9.17, 15) is 4.79 Å². The molecule has 1 aliphatic rings. The first-order chi connectivity index (χ1) is 9.24. The highest BCUT2D eigenvalue weighted by Crippen LogP contribution is 2.22. The Morgan fingerprint density at radius 1 is 1.42 bits per heavy atom. The second kappa shape index (κ2) is 4.88. The van der Waals surface area contributed by atoms with E-state index in [0.29, 0.717) is 0 Å². The van der Waals surface area contributed by atoms with Crippen molar-refractivity contribution in [1.82, 2.24) is 9.55 Å². The molecule has 4 heteroatoms. The molecular formula is C15H17N3O.